The molecule has 2 heterocycles. The molecule has 0 saturated heterocycles. The van der Waals surface area contributed by atoms with Gasteiger partial charge in [0.2, 0.25) is 5.91 Å². The van der Waals surface area contributed by atoms with Gasteiger partial charge in [0.05, 0.1) is 12.8 Å². The van der Waals surface area contributed by atoms with Crippen molar-refractivity contribution in [2.24, 2.45) is 12.0 Å². The van der Waals surface area contributed by atoms with Crippen molar-refractivity contribution in [1.29, 1.82) is 0 Å². The monoisotopic (exact) mass is 509 g/mol. The molecule has 2 amide bonds. The van der Waals surface area contributed by atoms with E-state index in [1.54, 1.807) is 72.4 Å². The summed E-state index contributed by atoms with van der Waals surface area (Å²) in [6.45, 7) is 0. The lowest BCUT2D eigenvalue weighted by Crippen LogP contribution is -2.17. The summed E-state index contributed by atoms with van der Waals surface area (Å²) in [6.07, 6.45) is 4.67. The second kappa shape index (κ2) is 10.0. The molecule has 10 heteroatoms. The molecule has 0 spiro atoms. The number of hydrogen-bond donors (Lipinski definition) is 3. The number of carbonyl (C=O) groups is 3. The van der Waals surface area contributed by atoms with E-state index in [4.69, 9.17) is 4.74 Å². The molecule has 190 valence electrons. The lowest BCUT2D eigenvalue weighted by Gasteiger charge is -2.09. The lowest BCUT2D eigenvalue weighted by atomic mass is 9.96. The van der Waals surface area contributed by atoms with Gasteiger partial charge in [0.15, 0.2) is 23.1 Å². The molecule has 0 radical (unpaired) electrons. The minimum absolute atomic E-state index is 0.0651. The van der Waals surface area contributed by atoms with E-state index in [1.807, 2.05) is 0 Å². The molecule has 3 N–H and O–H groups in total. The van der Waals surface area contributed by atoms with Gasteiger partial charge in [0.25, 0.3) is 5.91 Å². The first-order valence-corrected chi connectivity index (χ1v) is 11.6. The van der Waals surface area contributed by atoms with Crippen LogP contribution in [0.2, 0.25) is 0 Å². The third kappa shape index (κ3) is 4.74. The molecule has 1 atom stereocenters. The number of benzene rings is 3. The molecule has 1 aliphatic heterocycles. The maximum Gasteiger partial charge on any atom is 0.291 e. The first-order valence-electron chi connectivity index (χ1n) is 11.6. The minimum Gasteiger partial charge on any atom is -0.504 e. The number of phenols is 1. The molecule has 1 unspecified atom stereocenters. The van der Waals surface area contributed by atoms with Crippen molar-refractivity contribution in [2.75, 3.05) is 17.7 Å². The van der Waals surface area contributed by atoms with E-state index in [2.05, 4.69) is 20.6 Å². The maximum atomic E-state index is 13.3. The smallest absolute Gasteiger partial charge is 0.291 e. The first-order chi connectivity index (χ1) is 18.3. The highest BCUT2D eigenvalue weighted by molar-refractivity contribution is 6.15. The van der Waals surface area contributed by atoms with Gasteiger partial charge >= 0.3 is 0 Å². The van der Waals surface area contributed by atoms with Crippen LogP contribution in [0.15, 0.2) is 78.0 Å². The van der Waals surface area contributed by atoms with Crippen molar-refractivity contribution in [1.82, 2.24) is 9.55 Å². The number of methoxy groups -OCH3 is 1. The highest BCUT2D eigenvalue weighted by atomic mass is 16.5. The number of hydrogen-bond acceptors (Lipinski definition) is 7. The van der Waals surface area contributed by atoms with Gasteiger partial charge in [-0.15, -0.1) is 0 Å². The summed E-state index contributed by atoms with van der Waals surface area (Å²) in [6, 6.07) is 16.3. The lowest BCUT2D eigenvalue weighted by molar-refractivity contribution is -0.115. The van der Waals surface area contributed by atoms with Gasteiger partial charge in [0, 0.05) is 54.2 Å². The van der Waals surface area contributed by atoms with Crippen molar-refractivity contribution in [3.8, 4) is 11.5 Å². The molecular weight excluding hydrogens is 486 g/mol. The number of fused-ring (bicyclic) bond motifs is 1. The van der Waals surface area contributed by atoms with Crippen molar-refractivity contribution in [3.63, 3.8) is 0 Å². The van der Waals surface area contributed by atoms with E-state index >= 15 is 0 Å². The molecule has 3 aromatic carbocycles. The normalized spacial score (nSPS) is 14.3. The highest BCUT2D eigenvalue weighted by Gasteiger charge is 2.30. The van der Waals surface area contributed by atoms with Crippen LogP contribution < -0.4 is 15.4 Å². The number of aromatic nitrogens is 2. The van der Waals surface area contributed by atoms with Crippen LogP contribution in [-0.2, 0) is 11.8 Å². The number of ether oxygens (including phenoxy) is 1. The quantitative estimate of drug-likeness (QED) is 0.254. The number of carbonyl (C=O) groups excluding carboxylic acids is 3. The second-order valence-corrected chi connectivity index (χ2v) is 8.63. The molecule has 10 nitrogen and oxygen atoms in total. The number of nitrogens with zero attached hydrogens (tertiary/aromatic N) is 3. The van der Waals surface area contributed by atoms with Crippen LogP contribution in [0.4, 0.5) is 17.1 Å². The molecule has 5 rings (SSSR count). The van der Waals surface area contributed by atoms with E-state index in [0.29, 0.717) is 39.5 Å². The highest BCUT2D eigenvalue weighted by Crippen LogP contribution is 2.34. The summed E-state index contributed by atoms with van der Waals surface area (Å²) in [7, 11) is 3.17. The molecular formula is C28H23N5O5. The van der Waals surface area contributed by atoms with Gasteiger partial charge < -0.3 is 25.0 Å². The number of aliphatic imine (C=N–C) groups is 1. The number of amides is 2. The third-order valence-corrected chi connectivity index (χ3v) is 6.13. The average Bonchev–Trinajstić information content (AvgIpc) is 3.48. The summed E-state index contributed by atoms with van der Waals surface area (Å²) >= 11 is 0. The van der Waals surface area contributed by atoms with E-state index in [9.17, 15) is 19.5 Å². The Balaban J connectivity index is 1.37. The predicted molar refractivity (Wildman–Crippen MR) is 142 cm³/mol. The molecule has 4 aromatic rings. The van der Waals surface area contributed by atoms with Crippen molar-refractivity contribution in [3.05, 3.63) is 95.6 Å². The van der Waals surface area contributed by atoms with E-state index in [0.717, 1.165) is 0 Å². The van der Waals surface area contributed by atoms with Gasteiger partial charge in [-0.25, -0.2) is 4.98 Å². The Bertz CT molecular complexity index is 1610. The Morgan fingerprint density at radius 1 is 1.13 bits per heavy atom. The van der Waals surface area contributed by atoms with Crippen LogP contribution in [0.1, 0.15) is 38.0 Å². The number of nitrogens with one attached hydrogen (secondary N) is 2. The standard InChI is InChI=1S/C28H23N5O5/c1-33-11-10-29-26(33)28(37)31-19-5-3-4-16(12-19)25(35)17-6-8-22-20(13-17)21(27(36)32-22)15-30-18-7-9-24(38-2)23(34)14-18/h3-15,21,34H,1-2H3,(H,31,37)(H,32,36). The molecule has 0 saturated carbocycles. The predicted octanol–water partition coefficient (Wildman–Crippen LogP) is 4.06. The number of rotatable bonds is 7. The third-order valence-electron chi connectivity index (χ3n) is 6.13. The minimum atomic E-state index is -0.717. The average molecular weight is 510 g/mol. The number of imidazole rings is 1. The number of anilines is 2. The summed E-state index contributed by atoms with van der Waals surface area (Å²) in [5, 5.41) is 15.5. The van der Waals surface area contributed by atoms with E-state index < -0.39 is 11.8 Å². The number of phenolic OH excluding ortho intramolecular Hbond substituents is 1. The van der Waals surface area contributed by atoms with Gasteiger partial charge in [-0.2, -0.15) is 0 Å². The van der Waals surface area contributed by atoms with E-state index in [1.165, 1.54) is 25.6 Å². The zero-order chi connectivity index (χ0) is 26.8. The fraction of sp³-hybridized carbons (Fsp3) is 0.107. The summed E-state index contributed by atoms with van der Waals surface area (Å²) in [5.41, 5.74) is 2.86. The Kier molecular flexibility index (Phi) is 6.44. The Morgan fingerprint density at radius 2 is 1.95 bits per heavy atom. The largest absolute Gasteiger partial charge is 0.504 e. The zero-order valence-electron chi connectivity index (χ0n) is 20.5. The summed E-state index contributed by atoms with van der Waals surface area (Å²) in [4.78, 5) is 46.8. The first kappa shape index (κ1) is 24.4. The number of aryl methyl sites for hydroxylation is 1. The van der Waals surface area contributed by atoms with Crippen LogP contribution in [0, 0.1) is 0 Å². The maximum absolute atomic E-state index is 13.3. The number of ketones is 1. The van der Waals surface area contributed by atoms with Gasteiger partial charge in [-0.1, -0.05) is 12.1 Å². The van der Waals surface area contributed by atoms with Crippen molar-refractivity contribution >= 4 is 40.9 Å². The van der Waals surface area contributed by atoms with Gasteiger partial charge in [0.1, 0.15) is 5.92 Å². The second-order valence-electron chi connectivity index (χ2n) is 8.63. The zero-order valence-corrected chi connectivity index (χ0v) is 20.5. The van der Waals surface area contributed by atoms with Crippen LogP contribution in [0.25, 0.3) is 0 Å². The van der Waals surface area contributed by atoms with Crippen LogP contribution >= 0.6 is 0 Å². The van der Waals surface area contributed by atoms with Gasteiger partial charge in [-0.3, -0.25) is 19.4 Å². The molecule has 1 aliphatic rings. The fourth-order valence-electron chi connectivity index (χ4n) is 4.17. The Labute approximate surface area is 217 Å². The molecule has 0 bridgehead atoms. The van der Waals surface area contributed by atoms with E-state index in [-0.39, 0.29) is 23.3 Å². The number of aromatic hydroxyl groups is 1. The summed E-state index contributed by atoms with van der Waals surface area (Å²) < 4.78 is 6.64. The topological polar surface area (TPSA) is 135 Å². The van der Waals surface area contributed by atoms with Crippen molar-refractivity contribution in [2.45, 2.75) is 5.92 Å². The molecule has 1 aromatic heterocycles. The van der Waals surface area contributed by atoms with Crippen LogP contribution in [0.5, 0.6) is 11.5 Å². The molecule has 0 aliphatic carbocycles. The Morgan fingerprint density at radius 3 is 2.68 bits per heavy atom. The SMILES string of the molecule is COc1ccc(N=CC2C(=O)Nc3ccc(C(=O)c4cccc(NC(=O)c5nccn5C)c4)cc32)cc1O. The van der Waals surface area contributed by atoms with Crippen molar-refractivity contribution < 1.29 is 24.2 Å². The molecule has 0 fully saturated rings. The summed E-state index contributed by atoms with van der Waals surface area (Å²) in [5.74, 6) is -1.15. The van der Waals surface area contributed by atoms with Crippen LogP contribution in [-0.4, -0.2) is 45.6 Å². The van der Waals surface area contributed by atoms with Crippen LogP contribution in [0.3, 0.4) is 0 Å². The fourth-order valence-corrected chi connectivity index (χ4v) is 4.17. The van der Waals surface area contributed by atoms with Gasteiger partial charge in [-0.05, 0) is 48.0 Å². The Hall–Kier alpha value is -5.25. The molecule has 38 heavy (non-hydrogen) atoms.